The van der Waals surface area contributed by atoms with Gasteiger partial charge < -0.3 is 14.8 Å². The molecular formula is C21H26N4O4S. The number of nitrogens with zero attached hydrogens (tertiary/aromatic N) is 2. The predicted molar refractivity (Wildman–Crippen MR) is 115 cm³/mol. The maximum Gasteiger partial charge on any atom is 0.272 e. The summed E-state index contributed by atoms with van der Waals surface area (Å²) in [5, 5.41) is 6.89. The molecule has 1 saturated heterocycles. The highest BCUT2D eigenvalue weighted by atomic mass is 32.1. The Labute approximate surface area is 178 Å². The number of nitrogens with one attached hydrogen (secondary N) is 2. The molecular weight excluding hydrogens is 404 g/mol. The number of fused-ring (bicyclic) bond motifs is 1. The molecule has 9 heteroatoms. The Kier molecular flexibility index (Phi) is 5.92. The SMILES string of the molecule is COc1ccc(C(=O)N[C@H](c2cc(=O)n3[nH]c(C4CCOCC4)cc3n2)C(C)C)s1. The fraction of sp³-hybridized carbons (Fsp3) is 0.476. The number of methoxy groups -OCH3 is 1. The molecule has 1 aliphatic heterocycles. The maximum absolute atomic E-state index is 12.8. The number of thiophene rings is 1. The van der Waals surface area contributed by atoms with Gasteiger partial charge in [-0.1, -0.05) is 25.2 Å². The Morgan fingerprint density at radius 1 is 1.33 bits per heavy atom. The molecule has 160 valence electrons. The lowest BCUT2D eigenvalue weighted by atomic mass is 9.97. The van der Waals surface area contributed by atoms with E-state index in [-0.39, 0.29) is 23.4 Å². The van der Waals surface area contributed by atoms with Gasteiger partial charge in [-0.15, -0.1) is 0 Å². The third-order valence-electron chi connectivity index (χ3n) is 5.43. The lowest BCUT2D eigenvalue weighted by Gasteiger charge is -2.21. The van der Waals surface area contributed by atoms with Crippen molar-refractivity contribution in [2.24, 2.45) is 5.92 Å². The summed E-state index contributed by atoms with van der Waals surface area (Å²) in [6.07, 6.45) is 1.84. The highest BCUT2D eigenvalue weighted by molar-refractivity contribution is 7.15. The van der Waals surface area contributed by atoms with Crippen LogP contribution in [0.5, 0.6) is 5.06 Å². The van der Waals surface area contributed by atoms with Crippen LogP contribution in [0.3, 0.4) is 0 Å². The number of aromatic amines is 1. The van der Waals surface area contributed by atoms with E-state index in [1.807, 2.05) is 19.9 Å². The average Bonchev–Trinajstić information content (AvgIpc) is 3.39. The molecule has 3 aromatic heterocycles. The van der Waals surface area contributed by atoms with Crippen LogP contribution in [0, 0.1) is 5.92 Å². The molecule has 4 heterocycles. The van der Waals surface area contributed by atoms with Crippen LogP contribution in [0.2, 0.25) is 0 Å². The normalized spacial score (nSPS) is 16.1. The number of hydrogen-bond donors (Lipinski definition) is 2. The molecule has 30 heavy (non-hydrogen) atoms. The second kappa shape index (κ2) is 8.61. The van der Waals surface area contributed by atoms with Gasteiger partial charge in [-0.2, -0.15) is 0 Å². The second-order valence-electron chi connectivity index (χ2n) is 7.83. The van der Waals surface area contributed by atoms with Crippen molar-refractivity contribution in [2.75, 3.05) is 20.3 Å². The minimum atomic E-state index is -0.385. The Morgan fingerprint density at radius 2 is 2.10 bits per heavy atom. The van der Waals surface area contributed by atoms with Gasteiger partial charge in [0.15, 0.2) is 10.7 Å². The van der Waals surface area contributed by atoms with Gasteiger partial charge in [-0.3, -0.25) is 14.7 Å². The molecule has 1 aliphatic rings. The fourth-order valence-electron chi connectivity index (χ4n) is 3.75. The molecule has 0 bridgehead atoms. The number of ether oxygens (including phenoxy) is 2. The minimum Gasteiger partial charge on any atom is -0.487 e. The predicted octanol–water partition coefficient (Wildman–Crippen LogP) is 3.11. The number of H-pyrrole nitrogens is 1. The quantitative estimate of drug-likeness (QED) is 0.626. The number of carbonyl (C=O) groups is 1. The summed E-state index contributed by atoms with van der Waals surface area (Å²) in [6.45, 7) is 5.44. The van der Waals surface area contributed by atoms with Crippen LogP contribution >= 0.6 is 11.3 Å². The van der Waals surface area contributed by atoms with Crippen LogP contribution in [0.25, 0.3) is 5.65 Å². The number of amides is 1. The zero-order valence-corrected chi connectivity index (χ0v) is 18.1. The summed E-state index contributed by atoms with van der Waals surface area (Å²) in [5.41, 5.74) is 1.93. The van der Waals surface area contributed by atoms with Gasteiger partial charge in [-0.25, -0.2) is 9.50 Å². The Hall–Kier alpha value is -2.65. The van der Waals surface area contributed by atoms with Crippen molar-refractivity contribution in [2.45, 2.75) is 38.6 Å². The van der Waals surface area contributed by atoms with Gasteiger partial charge in [0.2, 0.25) is 0 Å². The summed E-state index contributed by atoms with van der Waals surface area (Å²) in [6, 6.07) is 6.54. The molecule has 3 aromatic rings. The van der Waals surface area contributed by atoms with Crippen molar-refractivity contribution in [3.05, 3.63) is 50.9 Å². The fourth-order valence-corrected chi connectivity index (χ4v) is 4.48. The monoisotopic (exact) mass is 430 g/mol. The van der Waals surface area contributed by atoms with E-state index in [0.29, 0.717) is 27.2 Å². The van der Waals surface area contributed by atoms with Crippen LogP contribution < -0.4 is 15.6 Å². The van der Waals surface area contributed by atoms with Gasteiger partial charge in [0.1, 0.15) is 0 Å². The summed E-state index contributed by atoms with van der Waals surface area (Å²) in [4.78, 5) is 30.8. The molecule has 1 fully saturated rings. The Balaban J connectivity index is 1.63. The summed E-state index contributed by atoms with van der Waals surface area (Å²) < 4.78 is 12.1. The van der Waals surface area contributed by atoms with E-state index in [9.17, 15) is 9.59 Å². The first-order chi connectivity index (χ1) is 14.5. The van der Waals surface area contributed by atoms with E-state index in [1.54, 1.807) is 19.2 Å². The van der Waals surface area contributed by atoms with Gasteiger partial charge in [-0.05, 0) is 30.9 Å². The van der Waals surface area contributed by atoms with Gasteiger partial charge in [0.25, 0.3) is 11.5 Å². The van der Waals surface area contributed by atoms with Crippen LogP contribution in [0.15, 0.2) is 29.1 Å². The van der Waals surface area contributed by atoms with E-state index in [2.05, 4.69) is 10.4 Å². The topological polar surface area (TPSA) is 97.7 Å². The van der Waals surface area contributed by atoms with Crippen LogP contribution in [-0.4, -0.2) is 40.8 Å². The molecule has 1 amide bonds. The standard InChI is InChI=1S/C21H26N4O4S/c1-12(2)20(23-21(27)16-4-5-19(28-3)30-16)15-11-18(26)25-17(22-15)10-14(24-25)13-6-8-29-9-7-13/h4-5,10-13,20,24H,6-9H2,1-3H3,(H,23,27)/t20-/m0/s1. The molecule has 0 aromatic carbocycles. The zero-order valence-electron chi connectivity index (χ0n) is 17.3. The highest BCUT2D eigenvalue weighted by Crippen LogP contribution is 2.28. The number of rotatable bonds is 6. The number of hydrogen-bond acceptors (Lipinski definition) is 6. The van der Waals surface area contributed by atoms with E-state index in [4.69, 9.17) is 14.5 Å². The highest BCUT2D eigenvalue weighted by Gasteiger charge is 2.24. The van der Waals surface area contributed by atoms with Crippen molar-refractivity contribution in [1.29, 1.82) is 0 Å². The molecule has 8 nitrogen and oxygen atoms in total. The second-order valence-corrected chi connectivity index (χ2v) is 8.88. The first-order valence-electron chi connectivity index (χ1n) is 10.1. The largest absolute Gasteiger partial charge is 0.487 e. The average molecular weight is 431 g/mol. The third-order valence-corrected chi connectivity index (χ3v) is 6.47. The zero-order chi connectivity index (χ0) is 21.3. The first kappa shape index (κ1) is 20.6. The summed E-state index contributed by atoms with van der Waals surface area (Å²) in [7, 11) is 1.57. The summed E-state index contributed by atoms with van der Waals surface area (Å²) >= 11 is 1.28. The Bertz CT molecular complexity index is 1090. The lowest BCUT2D eigenvalue weighted by molar-refractivity contribution is 0.0844. The van der Waals surface area contributed by atoms with E-state index in [0.717, 1.165) is 31.7 Å². The van der Waals surface area contributed by atoms with Crippen molar-refractivity contribution in [3.8, 4) is 5.06 Å². The van der Waals surface area contributed by atoms with E-state index >= 15 is 0 Å². The number of aromatic nitrogens is 3. The van der Waals surface area contributed by atoms with Crippen molar-refractivity contribution < 1.29 is 14.3 Å². The van der Waals surface area contributed by atoms with Crippen molar-refractivity contribution in [1.82, 2.24) is 19.9 Å². The summed E-state index contributed by atoms with van der Waals surface area (Å²) in [5.74, 6) is 0.178. The molecule has 1 atom stereocenters. The molecule has 0 radical (unpaired) electrons. The van der Waals surface area contributed by atoms with Crippen LogP contribution in [0.1, 0.15) is 59.7 Å². The smallest absolute Gasteiger partial charge is 0.272 e. The van der Waals surface area contributed by atoms with Crippen molar-refractivity contribution >= 4 is 22.9 Å². The first-order valence-corrected chi connectivity index (χ1v) is 10.9. The molecule has 0 unspecified atom stereocenters. The number of carbonyl (C=O) groups excluding carboxylic acids is 1. The molecule has 0 aliphatic carbocycles. The third kappa shape index (κ3) is 4.13. The molecule has 4 rings (SSSR count). The van der Waals surface area contributed by atoms with Gasteiger partial charge in [0.05, 0.1) is 23.7 Å². The molecule has 0 saturated carbocycles. The van der Waals surface area contributed by atoms with Crippen LogP contribution in [0.4, 0.5) is 0 Å². The van der Waals surface area contributed by atoms with E-state index < -0.39 is 0 Å². The van der Waals surface area contributed by atoms with Gasteiger partial charge >= 0.3 is 0 Å². The Morgan fingerprint density at radius 3 is 2.77 bits per heavy atom. The molecule has 2 N–H and O–H groups in total. The lowest BCUT2D eigenvalue weighted by Crippen LogP contribution is -2.33. The van der Waals surface area contributed by atoms with E-state index in [1.165, 1.54) is 21.9 Å². The van der Waals surface area contributed by atoms with Crippen LogP contribution in [-0.2, 0) is 4.74 Å². The molecule has 0 spiro atoms. The van der Waals surface area contributed by atoms with Gasteiger partial charge in [0, 0.05) is 37.0 Å². The minimum absolute atomic E-state index is 0.0547. The van der Waals surface area contributed by atoms with Crippen molar-refractivity contribution in [3.63, 3.8) is 0 Å². The maximum atomic E-state index is 12.8.